The molecule has 4 amide bonds. The number of ether oxygens (including phenoxy) is 2. The molecule has 6 heterocycles. The van der Waals surface area contributed by atoms with Crippen molar-refractivity contribution in [2.75, 3.05) is 50.2 Å². The highest BCUT2D eigenvalue weighted by molar-refractivity contribution is 5.87. The molecule has 2 aromatic heterocycles. The smallest absolute Gasteiger partial charge is 0.407 e. The third kappa shape index (κ3) is 9.24. The van der Waals surface area contributed by atoms with Gasteiger partial charge in [0, 0.05) is 49.5 Å². The zero-order valence-corrected chi connectivity index (χ0v) is 40.2. The number of aromatic nitrogens is 4. The topological polar surface area (TPSA) is 181 Å². The van der Waals surface area contributed by atoms with Gasteiger partial charge in [-0.05, 0) is 118 Å². The van der Waals surface area contributed by atoms with E-state index in [0.717, 1.165) is 110 Å². The van der Waals surface area contributed by atoms with Gasteiger partial charge in [-0.25, -0.2) is 23.9 Å². The molecule has 0 spiro atoms. The number of amides is 4. The van der Waals surface area contributed by atoms with Gasteiger partial charge >= 0.3 is 12.2 Å². The number of nitrogens with zero attached hydrogens (tertiary/aromatic N) is 6. The summed E-state index contributed by atoms with van der Waals surface area (Å²) in [6, 6.07) is 10.1. The summed E-state index contributed by atoms with van der Waals surface area (Å²) in [6.07, 6.45) is 11.9. The normalized spacial score (nSPS) is 23.6. The van der Waals surface area contributed by atoms with Crippen LogP contribution in [0.2, 0.25) is 0 Å². The minimum Gasteiger partial charge on any atom is -0.453 e. The molecule has 0 radical (unpaired) electrons. The largest absolute Gasteiger partial charge is 0.453 e. The Morgan fingerprint density at radius 1 is 0.721 bits per heavy atom. The van der Waals surface area contributed by atoms with Crippen LogP contribution >= 0.6 is 0 Å². The highest BCUT2D eigenvalue weighted by Gasteiger charge is 2.43. The molecule has 4 fully saturated rings. The number of methoxy groups -OCH3 is 2. The van der Waals surface area contributed by atoms with Gasteiger partial charge in [-0.3, -0.25) is 9.59 Å². The fraction of sp³-hybridized carbons (Fsp3) is 0.569. The molecule has 7 atom stereocenters. The Morgan fingerprint density at radius 2 is 1.35 bits per heavy atom. The van der Waals surface area contributed by atoms with Gasteiger partial charge in [0.2, 0.25) is 11.8 Å². The molecule has 4 saturated heterocycles. The van der Waals surface area contributed by atoms with Gasteiger partial charge in [0.15, 0.2) is 0 Å². The summed E-state index contributed by atoms with van der Waals surface area (Å²) in [6.45, 7) is 10.5. The van der Waals surface area contributed by atoms with Gasteiger partial charge in [0.25, 0.3) is 0 Å². The molecule has 0 saturated carbocycles. The van der Waals surface area contributed by atoms with Crippen molar-refractivity contribution >= 4 is 52.5 Å². The van der Waals surface area contributed by atoms with Crippen LogP contribution in [0.25, 0.3) is 17.1 Å². The molecule has 68 heavy (non-hydrogen) atoms. The van der Waals surface area contributed by atoms with E-state index in [-0.39, 0.29) is 59.6 Å². The van der Waals surface area contributed by atoms with E-state index in [2.05, 4.69) is 60.8 Å². The molecular weight excluding hydrogens is 868 g/mol. The van der Waals surface area contributed by atoms with Crippen LogP contribution in [0.15, 0.2) is 42.5 Å². The van der Waals surface area contributed by atoms with Gasteiger partial charge in [0.05, 0.1) is 54.8 Å². The maximum Gasteiger partial charge on any atom is 0.407 e. The predicted molar refractivity (Wildman–Crippen MR) is 257 cm³/mol. The predicted octanol–water partition coefficient (Wildman–Crippen LogP) is 8.10. The third-order valence-corrected chi connectivity index (χ3v) is 15.0. The summed E-state index contributed by atoms with van der Waals surface area (Å²) in [4.78, 5) is 77.8. The summed E-state index contributed by atoms with van der Waals surface area (Å²) >= 11 is 0. The summed E-state index contributed by atoms with van der Waals surface area (Å²) in [7, 11) is 2.59. The van der Waals surface area contributed by atoms with Crippen molar-refractivity contribution < 1.29 is 33.0 Å². The number of hydrogen-bond acceptors (Lipinski definition) is 10. The average molecular weight is 935 g/mol. The first-order chi connectivity index (χ1) is 32.8. The lowest BCUT2D eigenvalue weighted by Gasteiger charge is -2.37. The SMILES string of the molecule is COC(=O)NC(C(=O)N1CCC[C@H]1c1nc2ccc(C3CC[C@@H](C4C=Cc5nc([C@@H]6CCCN6C(=O)[C@@H](NC(=O)OC)C(C)C)[nH]c5C4)N3c3ccc(N4CCCCC4)c(F)c3)cc2[nH]1)C(C)C. The lowest BCUT2D eigenvalue weighted by molar-refractivity contribution is -0.136. The van der Waals surface area contributed by atoms with E-state index in [0.29, 0.717) is 31.0 Å². The maximum absolute atomic E-state index is 16.4. The molecule has 4 N–H and O–H groups in total. The van der Waals surface area contributed by atoms with Crippen LogP contribution in [-0.2, 0) is 25.5 Å². The van der Waals surface area contributed by atoms with Gasteiger partial charge in [0.1, 0.15) is 29.5 Å². The van der Waals surface area contributed by atoms with Crippen molar-refractivity contribution in [2.45, 2.75) is 128 Å². The van der Waals surface area contributed by atoms with Crippen LogP contribution in [-0.4, -0.2) is 112 Å². The molecule has 3 unspecified atom stereocenters. The number of fused-ring (bicyclic) bond motifs is 2. The van der Waals surface area contributed by atoms with Crippen molar-refractivity contribution in [3.8, 4) is 0 Å². The van der Waals surface area contributed by atoms with Crippen LogP contribution < -0.4 is 20.4 Å². The van der Waals surface area contributed by atoms with E-state index in [4.69, 9.17) is 19.4 Å². The van der Waals surface area contributed by atoms with Crippen molar-refractivity contribution in [2.24, 2.45) is 17.8 Å². The molecule has 4 aliphatic heterocycles. The zero-order chi connectivity index (χ0) is 47.8. The number of anilines is 2. The second kappa shape index (κ2) is 19.8. The number of alkyl carbamates (subject to hydrolysis) is 2. The average Bonchev–Trinajstić information content (AvgIpc) is 4.20. The van der Waals surface area contributed by atoms with Gasteiger partial charge < -0.3 is 49.7 Å². The molecule has 364 valence electrons. The number of benzene rings is 2. The number of piperidine rings is 1. The summed E-state index contributed by atoms with van der Waals surface area (Å²) in [5.74, 6) is 0.754. The standard InChI is InChI=1S/C51H67FN10O6/c1-29(2)44(57-50(65)67-5)48(63)60-24-10-12-42(60)46-53-35-17-14-31(26-37(35)55-46)39-20-21-40(62(39)33-16-19-41(34(52)28-33)59-22-8-7-9-23-59)32-15-18-36-38(27-32)56-47(54-36)43-13-11-25-61(43)49(64)45(30(3)4)58-51(66)68-6/h14-19,26,28-30,32,39-40,42-45H,7-13,20-25,27H2,1-6H3,(H,53,55)(H,54,56)(H,57,65)(H,58,66)/t32?,39?,40-,42-,43-,44?,45-/m0/s1. The zero-order valence-electron chi connectivity index (χ0n) is 40.2. The first kappa shape index (κ1) is 47.0. The molecule has 0 bridgehead atoms. The molecule has 16 nitrogen and oxygen atoms in total. The Hall–Kier alpha value is -6.13. The van der Waals surface area contributed by atoms with Crippen molar-refractivity contribution in [1.29, 1.82) is 0 Å². The van der Waals surface area contributed by atoms with E-state index >= 15 is 4.39 Å². The fourth-order valence-electron chi connectivity index (χ4n) is 11.5. The number of imidazole rings is 2. The van der Waals surface area contributed by atoms with E-state index < -0.39 is 24.3 Å². The first-order valence-electron chi connectivity index (χ1n) is 24.7. The second-order valence-corrected chi connectivity index (χ2v) is 20.0. The molecule has 17 heteroatoms. The van der Waals surface area contributed by atoms with E-state index in [1.807, 2.05) is 49.6 Å². The molecular formula is C51H67FN10O6. The van der Waals surface area contributed by atoms with Crippen LogP contribution in [0.3, 0.4) is 0 Å². The second-order valence-electron chi connectivity index (χ2n) is 20.0. The monoisotopic (exact) mass is 935 g/mol. The number of carbonyl (C=O) groups is 4. The summed E-state index contributed by atoms with van der Waals surface area (Å²) in [5.41, 5.74) is 6.13. The molecule has 1 aliphatic carbocycles. The first-order valence-corrected chi connectivity index (χ1v) is 24.7. The number of likely N-dealkylation sites (tertiary alicyclic amines) is 2. The highest BCUT2D eigenvalue weighted by Crippen LogP contribution is 2.46. The Balaban J connectivity index is 0.988. The van der Waals surface area contributed by atoms with Crippen molar-refractivity contribution in [1.82, 2.24) is 40.4 Å². The number of aromatic amines is 2. The lowest BCUT2D eigenvalue weighted by Crippen LogP contribution is -2.51. The number of carbonyl (C=O) groups excluding carboxylic acids is 4. The Labute approximate surface area is 397 Å². The minimum atomic E-state index is -0.728. The van der Waals surface area contributed by atoms with Crippen LogP contribution in [0.5, 0.6) is 0 Å². The number of rotatable bonds is 12. The van der Waals surface area contributed by atoms with Crippen molar-refractivity contribution in [3.63, 3.8) is 0 Å². The maximum atomic E-state index is 16.4. The van der Waals surface area contributed by atoms with Crippen LogP contribution in [0.4, 0.5) is 25.4 Å². The third-order valence-electron chi connectivity index (χ3n) is 15.0. The summed E-state index contributed by atoms with van der Waals surface area (Å²) < 4.78 is 26.1. The highest BCUT2D eigenvalue weighted by atomic mass is 19.1. The van der Waals surface area contributed by atoms with Gasteiger partial charge in [-0.1, -0.05) is 39.8 Å². The molecule has 9 rings (SSSR count). The van der Waals surface area contributed by atoms with E-state index in [9.17, 15) is 19.2 Å². The number of nitrogens with one attached hydrogen (secondary N) is 4. The number of H-pyrrole nitrogens is 2. The Morgan fingerprint density at radius 3 is 1.96 bits per heavy atom. The summed E-state index contributed by atoms with van der Waals surface area (Å²) in [5, 5.41) is 5.47. The van der Waals surface area contributed by atoms with Gasteiger partial charge in [-0.15, -0.1) is 0 Å². The minimum absolute atomic E-state index is 0.0377. The quantitative estimate of drug-likeness (QED) is 0.108. The Bertz CT molecular complexity index is 2530. The number of halogens is 1. The van der Waals surface area contributed by atoms with Crippen LogP contribution in [0.1, 0.15) is 132 Å². The van der Waals surface area contributed by atoms with E-state index in [1.54, 1.807) is 6.07 Å². The Kier molecular flexibility index (Phi) is 13.7. The molecule has 4 aromatic rings. The molecule has 5 aliphatic rings. The van der Waals surface area contributed by atoms with Gasteiger partial charge in [-0.2, -0.15) is 0 Å². The van der Waals surface area contributed by atoms with Crippen LogP contribution in [0, 0.1) is 23.6 Å². The fourth-order valence-corrected chi connectivity index (χ4v) is 11.5. The van der Waals surface area contributed by atoms with Crippen molar-refractivity contribution in [3.05, 3.63) is 76.9 Å². The lowest BCUT2D eigenvalue weighted by atomic mass is 9.88. The number of hydrogen-bond donors (Lipinski definition) is 4. The molecule has 2 aromatic carbocycles. The van der Waals surface area contributed by atoms with E-state index in [1.165, 1.54) is 14.2 Å².